The minimum absolute atomic E-state index is 0.0731. The number of esters is 1. The van der Waals surface area contributed by atoms with Crippen molar-refractivity contribution in [2.75, 3.05) is 27.2 Å². The fourth-order valence-corrected chi connectivity index (χ4v) is 7.19. The molecule has 6 aromatic rings. The van der Waals surface area contributed by atoms with Crippen LogP contribution in [0.5, 0.6) is 0 Å². The molecule has 0 saturated carbocycles. The molecule has 1 aliphatic carbocycles. The fourth-order valence-electron chi connectivity index (χ4n) is 7.19. The molecule has 226 valence electrons. The van der Waals surface area contributed by atoms with Crippen molar-refractivity contribution in [3.8, 4) is 0 Å². The Morgan fingerprint density at radius 3 is 2.27 bits per heavy atom. The molecule has 1 unspecified atom stereocenters. The standard InChI is InChI=1S/C40H38N2O3/c1-4-45-40(44)39-35(38-36(42(39)21-20-41(2)3)24-30(25-37(38)43)27-10-6-5-7-11-27)23-26-14-15-29-17-18-32-31-13-9-8-12-28(31)16-19-33(32)34(29)22-26/h5-19,22,30H,4,20-21,23-25H2,1-3H3. The number of ether oxygens (including phenoxy) is 1. The summed E-state index contributed by atoms with van der Waals surface area (Å²) >= 11 is 0. The summed E-state index contributed by atoms with van der Waals surface area (Å²) in [6.45, 7) is 3.46. The SMILES string of the molecule is CCOC(=O)c1c(Cc2ccc3ccc4c5ccccc5ccc4c3c2)c2c(n1CCN(C)C)CC(c1ccccc1)CC2=O. The topological polar surface area (TPSA) is 51.5 Å². The maximum atomic E-state index is 14.1. The lowest BCUT2D eigenvalue weighted by atomic mass is 9.80. The molecular weight excluding hydrogens is 556 g/mol. The van der Waals surface area contributed by atoms with Gasteiger partial charge < -0.3 is 14.2 Å². The van der Waals surface area contributed by atoms with E-state index >= 15 is 0 Å². The summed E-state index contributed by atoms with van der Waals surface area (Å²) < 4.78 is 7.76. The molecular formula is C40H38N2O3. The lowest BCUT2D eigenvalue weighted by Gasteiger charge is -2.25. The van der Waals surface area contributed by atoms with E-state index in [2.05, 4.69) is 88.3 Å². The van der Waals surface area contributed by atoms with E-state index in [1.807, 2.05) is 39.2 Å². The summed E-state index contributed by atoms with van der Waals surface area (Å²) in [5.74, 6) is -0.182. The average molecular weight is 595 g/mol. The lowest BCUT2D eigenvalue weighted by molar-refractivity contribution is 0.0511. The zero-order valence-corrected chi connectivity index (χ0v) is 26.2. The highest BCUT2D eigenvalue weighted by molar-refractivity contribution is 6.17. The molecule has 5 heteroatoms. The van der Waals surface area contributed by atoms with Crippen LogP contribution in [0.25, 0.3) is 32.3 Å². The van der Waals surface area contributed by atoms with E-state index < -0.39 is 0 Å². The second-order valence-corrected chi connectivity index (χ2v) is 12.4. The van der Waals surface area contributed by atoms with Gasteiger partial charge in [-0.25, -0.2) is 4.79 Å². The van der Waals surface area contributed by atoms with Crippen molar-refractivity contribution in [3.63, 3.8) is 0 Å². The van der Waals surface area contributed by atoms with Crippen LogP contribution in [-0.4, -0.2) is 48.5 Å². The van der Waals surface area contributed by atoms with Crippen LogP contribution < -0.4 is 0 Å². The van der Waals surface area contributed by atoms with Gasteiger partial charge in [0.15, 0.2) is 5.78 Å². The van der Waals surface area contributed by atoms with Crippen molar-refractivity contribution in [2.45, 2.75) is 38.6 Å². The molecule has 1 aliphatic rings. The Labute approximate surface area is 264 Å². The number of aromatic nitrogens is 1. The van der Waals surface area contributed by atoms with Gasteiger partial charge in [0.1, 0.15) is 5.69 Å². The minimum Gasteiger partial charge on any atom is -0.461 e. The van der Waals surface area contributed by atoms with Gasteiger partial charge in [-0.3, -0.25) is 4.79 Å². The number of fused-ring (bicyclic) bond motifs is 6. The van der Waals surface area contributed by atoms with E-state index in [9.17, 15) is 9.59 Å². The van der Waals surface area contributed by atoms with Crippen molar-refractivity contribution in [2.24, 2.45) is 0 Å². The molecule has 0 radical (unpaired) electrons. The Bertz CT molecular complexity index is 2070. The van der Waals surface area contributed by atoms with Crippen LogP contribution in [0.15, 0.2) is 97.1 Å². The molecule has 1 aromatic heterocycles. The monoisotopic (exact) mass is 594 g/mol. The molecule has 0 N–H and O–H groups in total. The van der Waals surface area contributed by atoms with Crippen LogP contribution in [0.3, 0.4) is 0 Å². The van der Waals surface area contributed by atoms with Gasteiger partial charge in [0.05, 0.1) is 6.61 Å². The van der Waals surface area contributed by atoms with Crippen LogP contribution in [0.4, 0.5) is 0 Å². The number of likely N-dealkylation sites (N-methyl/N-ethyl adjacent to an activating group) is 1. The van der Waals surface area contributed by atoms with Crippen LogP contribution in [0.1, 0.15) is 62.5 Å². The first-order chi connectivity index (χ1) is 21.9. The van der Waals surface area contributed by atoms with E-state index in [1.165, 1.54) is 32.3 Å². The van der Waals surface area contributed by atoms with Crippen molar-refractivity contribution in [1.29, 1.82) is 0 Å². The number of ketones is 1. The van der Waals surface area contributed by atoms with E-state index in [0.29, 0.717) is 37.1 Å². The molecule has 45 heavy (non-hydrogen) atoms. The first-order valence-corrected chi connectivity index (χ1v) is 15.9. The quantitative estimate of drug-likeness (QED) is 0.132. The smallest absolute Gasteiger partial charge is 0.355 e. The summed E-state index contributed by atoms with van der Waals surface area (Å²) in [6, 6.07) is 34.1. The van der Waals surface area contributed by atoms with Crippen molar-refractivity contribution >= 4 is 44.1 Å². The van der Waals surface area contributed by atoms with Crippen LogP contribution in [0, 0.1) is 0 Å². The Kier molecular flexibility index (Phi) is 7.72. The van der Waals surface area contributed by atoms with Crippen molar-refractivity contribution in [1.82, 2.24) is 9.47 Å². The van der Waals surface area contributed by atoms with Crippen LogP contribution in [-0.2, 0) is 24.1 Å². The van der Waals surface area contributed by atoms with Crippen LogP contribution in [0.2, 0.25) is 0 Å². The number of nitrogens with zero attached hydrogens (tertiary/aromatic N) is 2. The molecule has 1 heterocycles. The average Bonchev–Trinajstić information content (AvgIpc) is 3.37. The number of benzene rings is 5. The highest BCUT2D eigenvalue weighted by Gasteiger charge is 2.36. The Hall–Kier alpha value is -4.74. The summed E-state index contributed by atoms with van der Waals surface area (Å²) in [6.07, 6.45) is 1.62. The van der Waals surface area contributed by atoms with Gasteiger partial charge in [-0.05, 0) is 76.8 Å². The van der Waals surface area contributed by atoms with Gasteiger partial charge in [0.25, 0.3) is 0 Å². The predicted molar refractivity (Wildman–Crippen MR) is 183 cm³/mol. The number of rotatable bonds is 8. The maximum absolute atomic E-state index is 14.1. The molecule has 0 fully saturated rings. The molecule has 1 atom stereocenters. The molecule has 0 amide bonds. The summed E-state index contributed by atoms with van der Waals surface area (Å²) in [5.41, 5.74) is 5.22. The second-order valence-electron chi connectivity index (χ2n) is 12.4. The van der Waals surface area contributed by atoms with E-state index in [-0.39, 0.29) is 24.3 Å². The predicted octanol–water partition coefficient (Wildman–Crippen LogP) is 8.19. The third-order valence-electron chi connectivity index (χ3n) is 9.32. The van der Waals surface area contributed by atoms with Gasteiger partial charge >= 0.3 is 5.97 Å². The highest BCUT2D eigenvalue weighted by atomic mass is 16.5. The molecule has 0 spiro atoms. The van der Waals surface area contributed by atoms with E-state index in [0.717, 1.165) is 28.9 Å². The zero-order valence-electron chi connectivity index (χ0n) is 26.2. The Balaban J connectivity index is 1.39. The van der Waals surface area contributed by atoms with E-state index in [1.54, 1.807) is 0 Å². The summed E-state index contributed by atoms with van der Waals surface area (Å²) in [4.78, 5) is 30.0. The zero-order chi connectivity index (χ0) is 31.1. The molecule has 5 nitrogen and oxygen atoms in total. The number of Topliss-reactive ketones (excluding diaryl/α,β-unsaturated/α-hetero) is 1. The first kappa shape index (κ1) is 29.0. The maximum Gasteiger partial charge on any atom is 0.355 e. The van der Waals surface area contributed by atoms with Crippen molar-refractivity contribution in [3.05, 3.63) is 131 Å². The molecule has 0 bridgehead atoms. The second kappa shape index (κ2) is 12.0. The van der Waals surface area contributed by atoms with Crippen molar-refractivity contribution < 1.29 is 14.3 Å². The number of carbonyl (C=O) groups excluding carboxylic acids is 2. The number of carbonyl (C=O) groups is 2. The first-order valence-electron chi connectivity index (χ1n) is 15.9. The van der Waals surface area contributed by atoms with Crippen LogP contribution >= 0.6 is 0 Å². The van der Waals surface area contributed by atoms with Gasteiger partial charge in [-0.1, -0.05) is 97.1 Å². The molecule has 5 aromatic carbocycles. The van der Waals surface area contributed by atoms with Gasteiger partial charge in [-0.15, -0.1) is 0 Å². The third-order valence-corrected chi connectivity index (χ3v) is 9.32. The Morgan fingerprint density at radius 1 is 0.822 bits per heavy atom. The van der Waals surface area contributed by atoms with Gasteiger partial charge in [0, 0.05) is 42.8 Å². The fraction of sp³-hybridized carbons (Fsp3) is 0.250. The van der Waals surface area contributed by atoms with Gasteiger partial charge in [-0.2, -0.15) is 0 Å². The summed E-state index contributed by atoms with van der Waals surface area (Å²) in [7, 11) is 4.06. The largest absolute Gasteiger partial charge is 0.461 e. The van der Waals surface area contributed by atoms with E-state index in [4.69, 9.17) is 4.74 Å². The van der Waals surface area contributed by atoms with Gasteiger partial charge in [0.2, 0.25) is 0 Å². The molecule has 7 rings (SSSR count). The molecule has 0 aliphatic heterocycles. The number of hydrogen-bond acceptors (Lipinski definition) is 4. The third kappa shape index (κ3) is 5.32. The normalized spacial score (nSPS) is 14.8. The lowest BCUT2D eigenvalue weighted by Crippen LogP contribution is -2.25. The highest BCUT2D eigenvalue weighted by Crippen LogP contribution is 2.39. The molecule has 0 saturated heterocycles. The number of hydrogen-bond donors (Lipinski definition) is 0. The Morgan fingerprint density at radius 2 is 1.51 bits per heavy atom. The minimum atomic E-state index is -0.359. The summed E-state index contributed by atoms with van der Waals surface area (Å²) in [5, 5.41) is 7.21.